The second kappa shape index (κ2) is 8.91. The Hall–Kier alpha value is -2.83. The van der Waals surface area contributed by atoms with Crippen molar-refractivity contribution in [1.82, 2.24) is 15.2 Å². The van der Waals surface area contributed by atoms with Crippen LogP contribution in [0.4, 0.5) is 5.69 Å². The summed E-state index contributed by atoms with van der Waals surface area (Å²) in [4.78, 5) is 12.0. The number of carbonyl (C=O) groups excluding carboxylic acids is 1. The molecule has 0 bridgehead atoms. The van der Waals surface area contributed by atoms with Crippen LogP contribution in [0.3, 0.4) is 0 Å². The van der Waals surface area contributed by atoms with Crippen LogP contribution in [-0.4, -0.2) is 28.4 Å². The summed E-state index contributed by atoms with van der Waals surface area (Å²) in [7, 11) is 0. The van der Waals surface area contributed by atoms with Crippen LogP contribution >= 0.6 is 23.2 Å². The van der Waals surface area contributed by atoms with Crippen LogP contribution in [0.1, 0.15) is 16.8 Å². The first-order valence-electron chi connectivity index (χ1n) is 8.57. The van der Waals surface area contributed by atoms with Crippen molar-refractivity contribution in [2.75, 3.05) is 11.9 Å². The Morgan fingerprint density at radius 1 is 1.18 bits per heavy atom. The van der Waals surface area contributed by atoms with E-state index in [-0.39, 0.29) is 12.5 Å². The summed E-state index contributed by atoms with van der Waals surface area (Å²) in [5, 5.41) is 12.4. The van der Waals surface area contributed by atoms with E-state index in [9.17, 15) is 4.79 Å². The van der Waals surface area contributed by atoms with E-state index < -0.39 is 0 Å². The molecular formula is C20H19Cl2N5O. The predicted molar refractivity (Wildman–Crippen MR) is 114 cm³/mol. The molecular weight excluding hydrogens is 397 g/mol. The maximum absolute atomic E-state index is 12.0. The molecule has 0 saturated carbocycles. The monoisotopic (exact) mass is 415 g/mol. The molecule has 2 N–H and O–H groups in total. The smallest absolute Gasteiger partial charge is 0.259 e. The van der Waals surface area contributed by atoms with Crippen molar-refractivity contribution in [2.45, 2.75) is 13.8 Å². The second-order valence-corrected chi connectivity index (χ2v) is 6.99. The zero-order chi connectivity index (χ0) is 20.1. The number of halogens is 2. The van der Waals surface area contributed by atoms with Crippen molar-refractivity contribution in [1.29, 1.82) is 0 Å². The van der Waals surface area contributed by atoms with Crippen LogP contribution in [0.5, 0.6) is 0 Å². The van der Waals surface area contributed by atoms with E-state index in [2.05, 4.69) is 20.9 Å². The van der Waals surface area contributed by atoms with Gasteiger partial charge in [-0.25, -0.2) is 10.1 Å². The number of anilines is 1. The molecule has 0 aliphatic rings. The predicted octanol–water partition coefficient (Wildman–Crippen LogP) is 4.36. The molecule has 0 aliphatic carbocycles. The van der Waals surface area contributed by atoms with Gasteiger partial charge in [-0.15, -0.1) is 0 Å². The number of hydrazone groups is 1. The van der Waals surface area contributed by atoms with Gasteiger partial charge in [0, 0.05) is 10.7 Å². The van der Waals surface area contributed by atoms with Gasteiger partial charge in [-0.1, -0.05) is 47.0 Å². The van der Waals surface area contributed by atoms with Gasteiger partial charge in [-0.2, -0.15) is 10.2 Å². The Kier molecular flexibility index (Phi) is 6.34. The van der Waals surface area contributed by atoms with Crippen LogP contribution in [0.15, 0.2) is 53.6 Å². The normalized spacial score (nSPS) is 11.0. The number of amides is 1. The van der Waals surface area contributed by atoms with E-state index in [1.54, 1.807) is 16.8 Å². The molecule has 144 valence electrons. The van der Waals surface area contributed by atoms with Crippen LogP contribution < -0.4 is 10.7 Å². The van der Waals surface area contributed by atoms with Crippen molar-refractivity contribution in [2.24, 2.45) is 5.10 Å². The van der Waals surface area contributed by atoms with Crippen molar-refractivity contribution in [3.8, 4) is 5.69 Å². The lowest BCUT2D eigenvalue weighted by atomic mass is 10.2. The molecule has 2 aromatic carbocycles. The summed E-state index contributed by atoms with van der Waals surface area (Å²) in [6.45, 7) is 3.93. The fraction of sp³-hybridized carbons (Fsp3) is 0.150. The highest BCUT2D eigenvalue weighted by atomic mass is 35.5. The summed E-state index contributed by atoms with van der Waals surface area (Å²) in [5.74, 6) is -0.271. The number of benzene rings is 2. The molecule has 0 spiro atoms. The molecule has 3 rings (SSSR count). The number of rotatable bonds is 6. The molecule has 0 radical (unpaired) electrons. The maximum atomic E-state index is 12.0. The molecule has 0 atom stereocenters. The largest absolute Gasteiger partial charge is 0.376 e. The van der Waals surface area contributed by atoms with E-state index >= 15 is 0 Å². The molecule has 1 amide bonds. The third-order valence-corrected chi connectivity index (χ3v) is 4.59. The SMILES string of the molecule is Cc1ccc(NCC(=O)N/N=C/c2c(C)nn(-c3cccc(Cl)c3)c2Cl)cc1. The minimum Gasteiger partial charge on any atom is -0.376 e. The molecule has 8 heteroatoms. The Morgan fingerprint density at radius 2 is 1.93 bits per heavy atom. The van der Waals surface area contributed by atoms with E-state index in [1.165, 1.54) is 6.21 Å². The van der Waals surface area contributed by atoms with Gasteiger partial charge in [-0.05, 0) is 44.2 Å². The maximum Gasteiger partial charge on any atom is 0.259 e. The van der Waals surface area contributed by atoms with E-state index in [4.69, 9.17) is 23.2 Å². The standard InChI is InChI=1S/C20H19Cl2N5O/c1-13-6-8-16(9-7-13)23-12-19(28)25-24-11-18-14(2)26-27(20(18)22)17-5-3-4-15(21)10-17/h3-11,23H,12H2,1-2H3,(H,25,28)/b24-11+. The third-order valence-electron chi connectivity index (χ3n) is 3.99. The van der Waals surface area contributed by atoms with Gasteiger partial charge in [0.1, 0.15) is 5.15 Å². The average molecular weight is 416 g/mol. The van der Waals surface area contributed by atoms with Crippen LogP contribution in [0.2, 0.25) is 10.2 Å². The molecule has 28 heavy (non-hydrogen) atoms. The number of hydrogen-bond acceptors (Lipinski definition) is 4. The number of aryl methyl sites for hydroxylation is 2. The van der Waals surface area contributed by atoms with E-state index in [0.717, 1.165) is 16.9 Å². The molecule has 0 saturated heterocycles. The van der Waals surface area contributed by atoms with Crippen LogP contribution in [0.25, 0.3) is 5.69 Å². The van der Waals surface area contributed by atoms with Crippen molar-refractivity contribution in [3.05, 3.63) is 75.5 Å². The number of hydrogen-bond donors (Lipinski definition) is 2. The summed E-state index contributed by atoms with van der Waals surface area (Å²) < 4.78 is 1.57. The first-order valence-corrected chi connectivity index (χ1v) is 9.33. The minimum absolute atomic E-state index is 0.106. The summed E-state index contributed by atoms with van der Waals surface area (Å²) in [6.07, 6.45) is 1.48. The Bertz CT molecular complexity index is 1010. The Balaban J connectivity index is 1.62. The van der Waals surface area contributed by atoms with Crippen LogP contribution in [-0.2, 0) is 4.79 Å². The summed E-state index contributed by atoms with van der Waals surface area (Å²) in [6, 6.07) is 15.0. The van der Waals surface area contributed by atoms with Gasteiger partial charge < -0.3 is 5.32 Å². The topological polar surface area (TPSA) is 71.3 Å². The van der Waals surface area contributed by atoms with Gasteiger partial charge in [-0.3, -0.25) is 4.79 Å². The molecule has 0 fully saturated rings. The van der Waals surface area contributed by atoms with Crippen molar-refractivity contribution < 1.29 is 4.79 Å². The lowest BCUT2D eigenvalue weighted by Crippen LogP contribution is -2.25. The minimum atomic E-state index is -0.271. The highest BCUT2D eigenvalue weighted by molar-refractivity contribution is 6.32. The quantitative estimate of drug-likeness (QED) is 0.464. The first kappa shape index (κ1) is 19.9. The van der Waals surface area contributed by atoms with Crippen LogP contribution in [0, 0.1) is 13.8 Å². The number of nitrogens with zero attached hydrogens (tertiary/aromatic N) is 3. The summed E-state index contributed by atoms with van der Waals surface area (Å²) in [5.41, 5.74) is 6.54. The second-order valence-electron chi connectivity index (χ2n) is 6.19. The zero-order valence-corrected chi connectivity index (χ0v) is 16.9. The molecule has 1 heterocycles. The van der Waals surface area contributed by atoms with E-state index in [1.807, 2.05) is 50.2 Å². The number of carbonyl (C=O) groups is 1. The zero-order valence-electron chi connectivity index (χ0n) is 15.4. The number of nitrogens with one attached hydrogen (secondary N) is 2. The molecule has 1 aromatic heterocycles. The Morgan fingerprint density at radius 3 is 2.64 bits per heavy atom. The van der Waals surface area contributed by atoms with Gasteiger partial charge >= 0.3 is 0 Å². The van der Waals surface area contributed by atoms with Gasteiger partial charge in [0.25, 0.3) is 5.91 Å². The molecule has 0 aliphatic heterocycles. The molecule has 6 nitrogen and oxygen atoms in total. The Labute approximate surface area is 173 Å². The van der Waals surface area contributed by atoms with Crippen molar-refractivity contribution >= 4 is 41.0 Å². The highest BCUT2D eigenvalue weighted by Gasteiger charge is 2.13. The van der Waals surface area contributed by atoms with Gasteiger partial charge in [0.2, 0.25) is 0 Å². The first-order chi connectivity index (χ1) is 13.4. The van der Waals surface area contributed by atoms with Gasteiger partial charge in [0.05, 0.1) is 29.7 Å². The number of aromatic nitrogens is 2. The summed E-state index contributed by atoms with van der Waals surface area (Å²) >= 11 is 12.5. The van der Waals surface area contributed by atoms with Gasteiger partial charge in [0.15, 0.2) is 0 Å². The van der Waals surface area contributed by atoms with E-state index in [0.29, 0.717) is 21.4 Å². The fourth-order valence-electron chi connectivity index (χ4n) is 2.50. The highest BCUT2D eigenvalue weighted by Crippen LogP contribution is 2.23. The fourth-order valence-corrected chi connectivity index (χ4v) is 3.00. The molecule has 0 unspecified atom stereocenters. The average Bonchev–Trinajstić information content (AvgIpc) is 2.96. The van der Waals surface area contributed by atoms with Crippen molar-refractivity contribution in [3.63, 3.8) is 0 Å². The third kappa shape index (κ3) is 4.91. The lowest BCUT2D eigenvalue weighted by molar-refractivity contribution is -0.119. The lowest BCUT2D eigenvalue weighted by Gasteiger charge is -2.05. The molecule has 3 aromatic rings.